The smallest absolute Gasteiger partial charge is 0.352 e. The molecule has 1 saturated heterocycles. The monoisotopic (exact) mass is 783 g/mol. The van der Waals surface area contributed by atoms with Crippen molar-refractivity contribution in [2.75, 3.05) is 30.6 Å². The summed E-state index contributed by atoms with van der Waals surface area (Å²) in [7, 11) is -3.83. The summed E-state index contributed by atoms with van der Waals surface area (Å²) >= 11 is 4.54. The summed E-state index contributed by atoms with van der Waals surface area (Å²) in [5.41, 5.74) is 1.69. The number of para-hydroxylation sites is 1. The van der Waals surface area contributed by atoms with Crippen LogP contribution in [0.1, 0.15) is 33.6 Å². The second kappa shape index (κ2) is 16.9. The molecular formula is C35H34BrN3O9S2. The molecule has 50 heavy (non-hydrogen) atoms. The first-order chi connectivity index (χ1) is 24.1. The summed E-state index contributed by atoms with van der Waals surface area (Å²) in [5.74, 6) is -1.72. The fourth-order valence-corrected chi connectivity index (χ4v) is 9.26. The van der Waals surface area contributed by atoms with Crippen LogP contribution in [0.15, 0.2) is 96.0 Å². The average molecular weight is 785 g/mol. The van der Waals surface area contributed by atoms with Crippen LogP contribution in [0.3, 0.4) is 0 Å². The van der Waals surface area contributed by atoms with E-state index in [1.54, 1.807) is 54.6 Å². The topological polar surface area (TPSA) is 154 Å². The van der Waals surface area contributed by atoms with Gasteiger partial charge in [-0.25, -0.2) is 18.0 Å². The van der Waals surface area contributed by atoms with Crippen LogP contribution in [-0.4, -0.2) is 57.6 Å². The first-order valence-electron chi connectivity index (χ1n) is 15.6. The summed E-state index contributed by atoms with van der Waals surface area (Å²) in [4.78, 5) is 37.2. The van der Waals surface area contributed by atoms with Crippen LogP contribution in [0.4, 0.5) is 11.4 Å². The summed E-state index contributed by atoms with van der Waals surface area (Å²) in [6.07, 6.45) is 2.65. The molecule has 3 aromatic carbocycles. The number of nitrogens with one attached hydrogen (secondary N) is 1. The highest BCUT2D eigenvalue weighted by molar-refractivity contribution is 9.10. The van der Waals surface area contributed by atoms with Crippen molar-refractivity contribution >= 4 is 60.6 Å². The third-order valence-electron chi connectivity index (χ3n) is 7.73. The van der Waals surface area contributed by atoms with Crippen molar-refractivity contribution < 1.29 is 37.1 Å². The number of sulfonamides is 1. The molecule has 1 aliphatic heterocycles. The Kier molecular flexibility index (Phi) is 12.4. The van der Waals surface area contributed by atoms with Crippen molar-refractivity contribution in [1.82, 2.24) is 5.32 Å². The zero-order valence-electron chi connectivity index (χ0n) is 26.8. The van der Waals surface area contributed by atoms with Gasteiger partial charge in [0.1, 0.15) is 13.2 Å². The Balaban J connectivity index is 1.51. The van der Waals surface area contributed by atoms with Crippen LogP contribution in [0, 0.1) is 10.1 Å². The molecule has 0 unspecified atom stereocenters. The SMILES string of the molecule is C=CCOC(=O)COc1c(C(=O)OCc2ccccc2[N+](=O)[O-])sc(-c2cccc(N(C3CCNCC3)S(=O)(=O)Cc3ccccc3)c2)c1Br. The number of esters is 2. The minimum atomic E-state index is -3.83. The third kappa shape index (κ3) is 8.96. The van der Waals surface area contributed by atoms with Gasteiger partial charge in [-0.2, -0.15) is 0 Å². The number of halogens is 1. The number of nitro groups is 1. The molecule has 0 atom stereocenters. The number of benzene rings is 3. The average Bonchev–Trinajstić information content (AvgIpc) is 3.45. The van der Waals surface area contributed by atoms with E-state index in [0.717, 1.165) is 11.3 Å². The van der Waals surface area contributed by atoms with Gasteiger partial charge in [0, 0.05) is 12.1 Å². The maximum Gasteiger partial charge on any atom is 0.352 e. The van der Waals surface area contributed by atoms with Gasteiger partial charge in [-0.05, 0) is 71.2 Å². The zero-order chi connectivity index (χ0) is 35.7. The molecule has 0 radical (unpaired) electrons. The van der Waals surface area contributed by atoms with Crippen LogP contribution >= 0.6 is 27.3 Å². The van der Waals surface area contributed by atoms with Crippen LogP contribution in [0.25, 0.3) is 10.4 Å². The predicted octanol–water partition coefficient (Wildman–Crippen LogP) is 6.64. The molecule has 1 aromatic heterocycles. The molecule has 12 nitrogen and oxygen atoms in total. The molecule has 0 aliphatic carbocycles. The summed E-state index contributed by atoms with van der Waals surface area (Å²) in [6, 6.07) is 21.6. The van der Waals surface area contributed by atoms with Gasteiger partial charge in [-0.1, -0.05) is 67.3 Å². The van der Waals surface area contributed by atoms with Gasteiger partial charge >= 0.3 is 11.9 Å². The number of hydrogen-bond acceptors (Lipinski definition) is 11. The number of rotatable bonds is 15. The number of thiophene rings is 1. The lowest BCUT2D eigenvalue weighted by atomic mass is 10.1. The minimum absolute atomic E-state index is 0.00503. The first kappa shape index (κ1) is 36.7. The van der Waals surface area contributed by atoms with E-state index in [9.17, 15) is 28.1 Å². The molecule has 0 saturated carbocycles. The maximum absolute atomic E-state index is 14.1. The summed E-state index contributed by atoms with van der Waals surface area (Å²) < 4.78 is 46.3. The maximum atomic E-state index is 14.1. The van der Waals surface area contributed by atoms with E-state index in [-0.39, 0.29) is 46.9 Å². The second-order valence-corrected chi connectivity index (χ2v) is 14.9. The fourth-order valence-electron chi connectivity index (χ4n) is 5.47. The predicted molar refractivity (Wildman–Crippen MR) is 194 cm³/mol. The number of piperidine rings is 1. The highest BCUT2D eigenvalue weighted by Gasteiger charge is 2.33. The summed E-state index contributed by atoms with van der Waals surface area (Å²) in [5, 5.41) is 14.8. The fraction of sp³-hybridized carbons (Fsp3) is 0.257. The van der Waals surface area contributed by atoms with E-state index in [0.29, 0.717) is 52.1 Å². The Hall–Kier alpha value is -4.57. The lowest BCUT2D eigenvalue weighted by Crippen LogP contribution is -2.46. The number of ether oxygens (including phenoxy) is 3. The van der Waals surface area contributed by atoms with E-state index in [1.807, 2.05) is 6.07 Å². The lowest BCUT2D eigenvalue weighted by Gasteiger charge is -2.35. The number of carbonyl (C=O) groups is 2. The lowest BCUT2D eigenvalue weighted by molar-refractivity contribution is -0.385. The van der Waals surface area contributed by atoms with E-state index in [4.69, 9.17) is 14.2 Å². The van der Waals surface area contributed by atoms with Gasteiger partial charge in [0.25, 0.3) is 5.69 Å². The molecule has 4 aromatic rings. The number of hydrogen-bond donors (Lipinski definition) is 1. The van der Waals surface area contributed by atoms with Gasteiger partial charge in [-0.15, -0.1) is 11.3 Å². The molecule has 0 bridgehead atoms. The quantitative estimate of drug-likeness (QED) is 0.0601. The van der Waals surface area contributed by atoms with Crippen molar-refractivity contribution in [3.8, 4) is 16.2 Å². The highest BCUT2D eigenvalue weighted by Crippen LogP contribution is 2.47. The molecular weight excluding hydrogens is 750 g/mol. The number of nitro benzene ring substituents is 1. The van der Waals surface area contributed by atoms with E-state index in [1.165, 1.54) is 28.6 Å². The van der Waals surface area contributed by atoms with Crippen molar-refractivity contribution in [1.29, 1.82) is 0 Å². The van der Waals surface area contributed by atoms with E-state index < -0.39 is 33.5 Å². The van der Waals surface area contributed by atoms with Crippen molar-refractivity contribution in [3.05, 3.63) is 122 Å². The molecule has 15 heteroatoms. The molecule has 1 fully saturated rings. The van der Waals surface area contributed by atoms with Gasteiger partial charge in [0.2, 0.25) is 10.0 Å². The molecule has 0 spiro atoms. The second-order valence-electron chi connectivity index (χ2n) is 11.2. The standard InChI is InChI=1S/C35H34BrN3O9S2/c1-2-19-46-30(40)22-47-32-31(36)33(49-34(32)35(41)48-21-26-11-6-7-14-29(26)39(42)43)25-12-8-13-28(20-25)38(27-15-17-37-18-16-27)50(44,45)23-24-9-4-3-5-10-24/h2-14,20,27,37H,1,15-19,21-23H2. The van der Waals surface area contributed by atoms with E-state index in [2.05, 4.69) is 27.8 Å². The van der Waals surface area contributed by atoms with Crippen LogP contribution in [0.5, 0.6) is 5.75 Å². The number of nitrogens with zero attached hydrogens (tertiary/aromatic N) is 2. The highest BCUT2D eigenvalue weighted by atomic mass is 79.9. The van der Waals surface area contributed by atoms with Gasteiger partial charge < -0.3 is 19.5 Å². The number of anilines is 1. The Labute approximate surface area is 302 Å². The minimum Gasteiger partial charge on any atom is -0.479 e. The molecule has 0 amide bonds. The van der Waals surface area contributed by atoms with Gasteiger partial charge in [0.15, 0.2) is 17.2 Å². The van der Waals surface area contributed by atoms with Crippen LogP contribution < -0.4 is 14.4 Å². The molecule has 5 rings (SSSR count). The van der Waals surface area contributed by atoms with Crippen molar-refractivity contribution in [3.63, 3.8) is 0 Å². The Bertz CT molecular complexity index is 1960. The molecule has 2 heterocycles. The summed E-state index contributed by atoms with van der Waals surface area (Å²) in [6.45, 7) is 3.91. The largest absolute Gasteiger partial charge is 0.479 e. The van der Waals surface area contributed by atoms with Crippen LogP contribution in [-0.2, 0) is 36.7 Å². The normalized spacial score (nSPS) is 13.3. The van der Waals surface area contributed by atoms with Crippen LogP contribution in [0.2, 0.25) is 0 Å². The first-order valence-corrected chi connectivity index (χ1v) is 18.8. The zero-order valence-corrected chi connectivity index (χ0v) is 30.0. The third-order valence-corrected chi connectivity index (χ3v) is 11.8. The van der Waals surface area contributed by atoms with Gasteiger partial charge in [-0.3, -0.25) is 14.4 Å². The van der Waals surface area contributed by atoms with Gasteiger partial charge in [0.05, 0.1) is 31.3 Å². The Morgan fingerprint density at radius 3 is 2.48 bits per heavy atom. The van der Waals surface area contributed by atoms with Crippen molar-refractivity contribution in [2.45, 2.75) is 31.2 Å². The molecule has 1 N–H and O–H groups in total. The molecule has 262 valence electrons. The van der Waals surface area contributed by atoms with E-state index >= 15 is 0 Å². The Morgan fingerprint density at radius 1 is 1.04 bits per heavy atom. The Morgan fingerprint density at radius 2 is 1.76 bits per heavy atom. The molecule has 1 aliphatic rings. The van der Waals surface area contributed by atoms with Crippen molar-refractivity contribution in [2.24, 2.45) is 0 Å². The number of carbonyl (C=O) groups excluding carboxylic acids is 2.